The number of hydrogen-bond acceptors (Lipinski definition) is 3. The fraction of sp³-hybridized carbons (Fsp3) is 0.750. The molecule has 1 saturated carbocycles. The Morgan fingerprint density at radius 3 is 2.94 bits per heavy atom. The van der Waals surface area contributed by atoms with E-state index in [-0.39, 0.29) is 24.6 Å². The standard InChI is InChI=1S/C12H20N2O2/c1-3-6-13-12(16)9(2)14-8-10-4-5-11(15)7-10/h1,9-11,14-15H,4-8H2,2H3,(H,13,16). The molecule has 1 aliphatic rings. The van der Waals surface area contributed by atoms with Crippen molar-refractivity contribution in [2.75, 3.05) is 13.1 Å². The largest absolute Gasteiger partial charge is 0.393 e. The molecule has 3 unspecified atom stereocenters. The van der Waals surface area contributed by atoms with Crippen LogP contribution in [0.2, 0.25) is 0 Å². The number of terminal acetylenes is 1. The van der Waals surface area contributed by atoms with Crippen LogP contribution in [0.15, 0.2) is 0 Å². The summed E-state index contributed by atoms with van der Waals surface area (Å²) in [4.78, 5) is 11.5. The molecular formula is C12H20N2O2. The number of nitrogens with one attached hydrogen (secondary N) is 2. The fourth-order valence-corrected chi connectivity index (χ4v) is 1.96. The number of rotatable bonds is 5. The Bertz CT molecular complexity index is 273. The Balaban J connectivity index is 2.17. The summed E-state index contributed by atoms with van der Waals surface area (Å²) >= 11 is 0. The van der Waals surface area contributed by atoms with Gasteiger partial charge >= 0.3 is 0 Å². The lowest BCUT2D eigenvalue weighted by molar-refractivity contribution is -0.122. The van der Waals surface area contributed by atoms with Crippen molar-refractivity contribution in [3.05, 3.63) is 0 Å². The lowest BCUT2D eigenvalue weighted by Crippen LogP contribution is -2.43. The molecule has 4 heteroatoms. The minimum atomic E-state index is -0.230. The number of hydrogen-bond donors (Lipinski definition) is 3. The number of carbonyl (C=O) groups is 1. The van der Waals surface area contributed by atoms with Crippen molar-refractivity contribution in [2.24, 2.45) is 5.92 Å². The van der Waals surface area contributed by atoms with Crippen LogP contribution in [0.3, 0.4) is 0 Å². The minimum Gasteiger partial charge on any atom is -0.393 e. The number of carbonyl (C=O) groups excluding carboxylic acids is 1. The van der Waals surface area contributed by atoms with Crippen molar-refractivity contribution in [3.63, 3.8) is 0 Å². The topological polar surface area (TPSA) is 61.4 Å². The van der Waals surface area contributed by atoms with Crippen LogP contribution in [0.25, 0.3) is 0 Å². The molecule has 90 valence electrons. The monoisotopic (exact) mass is 224 g/mol. The van der Waals surface area contributed by atoms with Gasteiger partial charge in [0.1, 0.15) is 0 Å². The van der Waals surface area contributed by atoms with E-state index in [9.17, 15) is 9.90 Å². The van der Waals surface area contributed by atoms with Gasteiger partial charge in [-0.05, 0) is 38.6 Å². The van der Waals surface area contributed by atoms with Gasteiger partial charge < -0.3 is 15.7 Å². The zero-order valence-corrected chi connectivity index (χ0v) is 9.70. The molecule has 0 aliphatic heterocycles. The molecule has 0 radical (unpaired) electrons. The van der Waals surface area contributed by atoms with Crippen molar-refractivity contribution in [1.82, 2.24) is 10.6 Å². The summed E-state index contributed by atoms with van der Waals surface area (Å²) < 4.78 is 0. The zero-order chi connectivity index (χ0) is 12.0. The van der Waals surface area contributed by atoms with Crippen LogP contribution < -0.4 is 10.6 Å². The SMILES string of the molecule is C#CCNC(=O)C(C)NCC1CCC(O)C1. The fourth-order valence-electron chi connectivity index (χ4n) is 1.96. The molecule has 1 aliphatic carbocycles. The highest BCUT2D eigenvalue weighted by atomic mass is 16.3. The second-order valence-electron chi connectivity index (χ2n) is 4.38. The van der Waals surface area contributed by atoms with Crippen molar-refractivity contribution in [1.29, 1.82) is 0 Å². The van der Waals surface area contributed by atoms with Crippen LogP contribution in [0, 0.1) is 18.3 Å². The summed E-state index contributed by atoms with van der Waals surface area (Å²) in [6.45, 7) is 2.87. The zero-order valence-electron chi connectivity index (χ0n) is 9.70. The first-order valence-electron chi connectivity index (χ1n) is 5.76. The van der Waals surface area contributed by atoms with Crippen molar-refractivity contribution < 1.29 is 9.90 Å². The first kappa shape index (κ1) is 13.0. The van der Waals surface area contributed by atoms with E-state index in [0.29, 0.717) is 5.92 Å². The first-order valence-corrected chi connectivity index (χ1v) is 5.76. The maximum atomic E-state index is 11.5. The predicted molar refractivity (Wildman–Crippen MR) is 62.7 cm³/mol. The van der Waals surface area contributed by atoms with Gasteiger partial charge in [-0.2, -0.15) is 0 Å². The maximum Gasteiger partial charge on any atom is 0.237 e. The van der Waals surface area contributed by atoms with E-state index in [0.717, 1.165) is 25.8 Å². The van der Waals surface area contributed by atoms with Crippen molar-refractivity contribution in [2.45, 2.75) is 38.3 Å². The average molecular weight is 224 g/mol. The lowest BCUT2D eigenvalue weighted by atomic mass is 10.1. The normalized spacial score (nSPS) is 26.1. The van der Waals surface area contributed by atoms with Gasteiger partial charge in [-0.3, -0.25) is 4.79 Å². The van der Waals surface area contributed by atoms with E-state index in [2.05, 4.69) is 16.6 Å². The van der Waals surface area contributed by atoms with Gasteiger partial charge in [0, 0.05) is 0 Å². The maximum absolute atomic E-state index is 11.5. The third kappa shape index (κ3) is 4.21. The third-order valence-electron chi connectivity index (χ3n) is 2.98. The summed E-state index contributed by atoms with van der Waals surface area (Å²) in [6.07, 6.45) is 7.65. The Labute approximate surface area is 96.8 Å². The number of aliphatic hydroxyl groups is 1. The Morgan fingerprint density at radius 2 is 2.38 bits per heavy atom. The van der Waals surface area contributed by atoms with Crippen LogP contribution in [0.4, 0.5) is 0 Å². The van der Waals surface area contributed by atoms with Gasteiger partial charge in [0.2, 0.25) is 5.91 Å². The molecule has 4 nitrogen and oxygen atoms in total. The van der Waals surface area contributed by atoms with Gasteiger partial charge in [0.05, 0.1) is 18.7 Å². The second kappa shape index (κ2) is 6.51. The highest BCUT2D eigenvalue weighted by Crippen LogP contribution is 2.24. The molecule has 0 aromatic carbocycles. The van der Waals surface area contributed by atoms with E-state index in [1.165, 1.54) is 0 Å². The van der Waals surface area contributed by atoms with E-state index < -0.39 is 0 Å². The van der Waals surface area contributed by atoms with Gasteiger partial charge in [-0.25, -0.2) is 0 Å². The highest BCUT2D eigenvalue weighted by molar-refractivity contribution is 5.81. The van der Waals surface area contributed by atoms with Gasteiger partial charge in [0.25, 0.3) is 0 Å². The van der Waals surface area contributed by atoms with Crippen molar-refractivity contribution >= 4 is 5.91 Å². The molecule has 0 bridgehead atoms. The molecule has 3 atom stereocenters. The third-order valence-corrected chi connectivity index (χ3v) is 2.98. The summed E-state index contributed by atoms with van der Waals surface area (Å²) in [6, 6.07) is -0.230. The molecule has 16 heavy (non-hydrogen) atoms. The molecule has 0 heterocycles. The summed E-state index contributed by atoms with van der Waals surface area (Å²) in [5.74, 6) is 2.78. The molecule has 1 amide bonds. The quantitative estimate of drug-likeness (QED) is 0.570. The average Bonchev–Trinajstić information content (AvgIpc) is 2.68. The Hall–Kier alpha value is -1.05. The molecule has 0 spiro atoms. The summed E-state index contributed by atoms with van der Waals surface area (Å²) in [5.41, 5.74) is 0. The van der Waals surface area contributed by atoms with Crippen molar-refractivity contribution in [3.8, 4) is 12.3 Å². The molecule has 1 rings (SSSR count). The van der Waals surface area contributed by atoms with Gasteiger partial charge in [-0.1, -0.05) is 5.92 Å². The lowest BCUT2D eigenvalue weighted by Gasteiger charge is -2.16. The predicted octanol–water partition coefficient (Wildman–Crippen LogP) is -0.125. The van der Waals surface area contributed by atoms with Crippen LogP contribution in [-0.4, -0.2) is 36.2 Å². The van der Waals surface area contributed by atoms with Gasteiger partial charge in [0.15, 0.2) is 0 Å². The highest BCUT2D eigenvalue weighted by Gasteiger charge is 2.23. The smallest absolute Gasteiger partial charge is 0.237 e. The minimum absolute atomic E-state index is 0.0727. The number of aliphatic hydroxyl groups excluding tert-OH is 1. The molecule has 0 aromatic rings. The van der Waals surface area contributed by atoms with Crippen LogP contribution in [0.1, 0.15) is 26.2 Å². The van der Waals surface area contributed by atoms with Gasteiger partial charge in [-0.15, -0.1) is 6.42 Å². The first-order chi connectivity index (χ1) is 7.63. The summed E-state index contributed by atoms with van der Waals surface area (Å²) in [5, 5.41) is 15.2. The van der Waals surface area contributed by atoms with E-state index in [1.54, 1.807) is 0 Å². The van der Waals surface area contributed by atoms with Crippen LogP contribution >= 0.6 is 0 Å². The van der Waals surface area contributed by atoms with Crippen LogP contribution in [-0.2, 0) is 4.79 Å². The summed E-state index contributed by atoms with van der Waals surface area (Å²) in [7, 11) is 0. The Kier molecular flexibility index (Phi) is 5.30. The van der Waals surface area contributed by atoms with E-state index in [1.807, 2.05) is 6.92 Å². The molecule has 3 N–H and O–H groups in total. The van der Waals surface area contributed by atoms with E-state index in [4.69, 9.17) is 6.42 Å². The molecule has 0 aromatic heterocycles. The molecule has 1 fully saturated rings. The number of amides is 1. The van der Waals surface area contributed by atoms with E-state index >= 15 is 0 Å². The molecular weight excluding hydrogens is 204 g/mol. The molecule has 0 saturated heterocycles. The Morgan fingerprint density at radius 1 is 1.62 bits per heavy atom. The second-order valence-corrected chi connectivity index (χ2v) is 4.38. The van der Waals surface area contributed by atoms with Crippen LogP contribution in [0.5, 0.6) is 0 Å².